The average molecular weight is 231 g/mol. The minimum atomic E-state index is -0.399. The monoisotopic (exact) mass is 231 g/mol. The number of carbonyl (C=O) groups is 1. The molecule has 16 heavy (non-hydrogen) atoms. The average Bonchev–Trinajstić information content (AvgIpc) is 2.24. The van der Waals surface area contributed by atoms with Crippen LogP contribution in [0.25, 0.3) is 0 Å². The number of nitrogens with one attached hydrogen (secondary N) is 1. The lowest BCUT2D eigenvalue weighted by Crippen LogP contribution is -2.34. The Bertz CT molecular complexity index is 206. The van der Waals surface area contributed by atoms with Crippen LogP contribution in [0.5, 0.6) is 0 Å². The van der Waals surface area contributed by atoms with Gasteiger partial charge in [-0.3, -0.25) is 0 Å². The number of hydrogen-bond acceptors (Lipinski definition) is 3. The van der Waals surface area contributed by atoms with E-state index < -0.39 is 6.09 Å². The van der Waals surface area contributed by atoms with E-state index in [2.05, 4.69) is 5.32 Å². The summed E-state index contributed by atoms with van der Waals surface area (Å²) in [6, 6.07) is 0. The van der Waals surface area contributed by atoms with Gasteiger partial charge < -0.3 is 15.2 Å². The number of amides is 1. The Hall–Kier alpha value is -0.770. The lowest BCUT2D eigenvalue weighted by molar-refractivity contribution is 0.0432. The van der Waals surface area contributed by atoms with Crippen molar-refractivity contribution in [1.29, 1.82) is 0 Å². The normalized spacial score (nSPS) is 14.6. The summed E-state index contributed by atoms with van der Waals surface area (Å²) in [6.45, 7) is 8.94. The van der Waals surface area contributed by atoms with Crippen molar-refractivity contribution < 1.29 is 14.6 Å². The molecule has 1 amide bonds. The molecule has 0 aromatic carbocycles. The fraction of sp³-hybridized carbons (Fsp3) is 0.917. The van der Waals surface area contributed by atoms with Crippen LogP contribution in [0.3, 0.4) is 0 Å². The predicted molar refractivity (Wildman–Crippen MR) is 64.3 cm³/mol. The second-order valence-electron chi connectivity index (χ2n) is 5.07. The lowest BCUT2D eigenvalue weighted by Gasteiger charge is -2.26. The molecule has 1 atom stereocenters. The maximum absolute atomic E-state index is 11.3. The largest absolute Gasteiger partial charge is 0.449 e. The molecule has 0 saturated carbocycles. The van der Waals surface area contributed by atoms with Gasteiger partial charge in [-0.2, -0.15) is 0 Å². The van der Waals surface area contributed by atoms with Crippen molar-refractivity contribution >= 4 is 6.09 Å². The third kappa shape index (κ3) is 6.67. The van der Waals surface area contributed by atoms with E-state index in [1.54, 1.807) is 0 Å². The second kappa shape index (κ2) is 7.49. The van der Waals surface area contributed by atoms with Crippen LogP contribution in [0, 0.1) is 11.3 Å². The number of rotatable bonds is 7. The van der Waals surface area contributed by atoms with Crippen LogP contribution in [0.4, 0.5) is 4.79 Å². The Balaban J connectivity index is 3.88. The van der Waals surface area contributed by atoms with Crippen molar-refractivity contribution in [2.75, 3.05) is 19.8 Å². The minimum absolute atomic E-state index is 0.0400. The van der Waals surface area contributed by atoms with E-state index in [-0.39, 0.29) is 18.6 Å². The number of alkyl carbamates (subject to hydrolysis) is 1. The molecular weight excluding hydrogens is 206 g/mol. The first-order chi connectivity index (χ1) is 7.43. The maximum Gasteiger partial charge on any atom is 0.407 e. The van der Waals surface area contributed by atoms with Crippen LogP contribution in [0.1, 0.15) is 40.5 Å². The van der Waals surface area contributed by atoms with Gasteiger partial charge in [-0.15, -0.1) is 0 Å². The van der Waals surface area contributed by atoms with E-state index in [9.17, 15) is 9.90 Å². The molecule has 0 saturated heterocycles. The quantitative estimate of drug-likeness (QED) is 0.706. The molecule has 0 aliphatic heterocycles. The molecule has 1 unspecified atom stereocenters. The number of aliphatic hydroxyl groups is 1. The zero-order valence-electron chi connectivity index (χ0n) is 10.9. The van der Waals surface area contributed by atoms with E-state index in [1.165, 1.54) is 0 Å². The van der Waals surface area contributed by atoms with Crippen LogP contribution in [0.15, 0.2) is 0 Å². The third-order valence-corrected chi connectivity index (χ3v) is 2.44. The molecule has 0 heterocycles. The predicted octanol–water partition coefficient (Wildman–Crippen LogP) is 2.17. The standard InChI is InChI=1S/C12H25NO3/c1-5-6-12(4,8-14)9-16-11(15)13-7-10(2)3/h10,14H,5-9H2,1-4H3,(H,13,15). The van der Waals surface area contributed by atoms with Gasteiger partial charge >= 0.3 is 6.09 Å². The molecule has 0 spiro atoms. The Labute approximate surface area is 98.4 Å². The van der Waals surface area contributed by atoms with Gasteiger partial charge in [0.1, 0.15) is 6.61 Å². The van der Waals surface area contributed by atoms with Crippen molar-refractivity contribution in [1.82, 2.24) is 5.32 Å². The van der Waals surface area contributed by atoms with Gasteiger partial charge in [0.05, 0.1) is 6.61 Å². The zero-order chi connectivity index (χ0) is 12.6. The second-order valence-corrected chi connectivity index (χ2v) is 5.07. The molecule has 4 nitrogen and oxygen atoms in total. The minimum Gasteiger partial charge on any atom is -0.449 e. The summed E-state index contributed by atoms with van der Waals surface area (Å²) < 4.78 is 5.09. The van der Waals surface area contributed by atoms with Crippen LogP contribution in [0.2, 0.25) is 0 Å². The van der Waals surface area contributed by atoms with E-state index in [0.29, 0.717) is 12.5 Å². The van der Waals surface area contributed by atoms with Crippen molar-refractivity contribution in [3.8, 4) is 0 Å². The van der Waals surface area contributed by atoms with E-state index in [0.717, 1.165) is 12.8 Å². The molecule has 0 bridgehead atoms. The molecule has 0 aliphatic rings. The topological polar surface area (TPSA) is 58.6 Å². The highest BCUT2D eigenvalue weighted by Crippen LogP contribution is 2.22. The summed E-state index contributed by atoms with van der Waals surface area (Å²) in [7, 11) is 0. The van der Waals surface area contributed by atoms with Gasteiger partial charge in [0, 0.05) is 12.0 Å². The molecule has 2 N–H and O–H groups in total. The Morgan fingerprint density at radius 2 is 2.12 bits per heavy atom. The molecular formula is C12H25NO3. The Morgan fingerprint density at radius 1 is 1.50 bits per heavy atom. The van der Waals surface area contributed by atoms with E-state index in [1.807, 2.05) is 27.7 Å². The molecule has 0 rings (SSSR count). The lowest BCUT2D eigenvalue weighted by atomic mass is 9.88. The fourth-order valence-corrected chi connectivity index (χ4v) is 1.38. The van der Waals surface area contributed by atoms with Crippen molar-refractivity contribution in [3.63, 3.8) is 0 Å². The fourth-order valence-electron chi connectivity index (χ4n) is 1.38. The summed E-state index contributed by atoms with van der Waals surface area (Å²) in [5, 5.41) is 11.9. The summed E-state index contributed by atoms with van der Waals surface area (Å²) >= 11 is 0. The van der Waals surface area contributed by atoms with E-state index in [4.69, 9.17) is 4.74 Å². The highest BCUT2D eigenvalue weighted by molar-refractivity contribution is 5.67. The van der Waals surface area contributed by atoms with Gasteiger partial charge in [0.2, 0.25) is 0 Å². The highest BCUT2D eigenvalue weighted by Gasteiger charge is 2.24. The highest BCUT2D eigenvalue weighted by atomic mass is 16.5. The molecule has 0 aliphatic carbocycles. The van der Waals surface area contributed by atoms with Crippen molar-refractivity contribution in [2.24, 2.45) is 11.3 Å². The van der Waals surface area contributed by atoms with Gasteiger partial charge in [-0.1, -0.05) is 34.1 Å². The van der Waals surface area contributed by atoms with Crippen LogP contribution in [-0.4, -0.2) is 31.0 Å². The first-order valence-electron chi connectivity index (χ1n) is 5.95. The SMILES string of the molecule is CCCC(C)(CO)COC(=O)NCC(C)C. The van der Waals surface area contributed by atoms with Gasteiger partial charge in [-0.25, -0.2) is 4.79 Å². The first kappa shape index (κ1) is 15.2. The summed E-state index contributed by atoms with van der Waals surface area (Å²) in [4.78, 5) is 11.3. The maximum atomic E-state index is 11.3. The third-order valence-electron chi connectivity index (χ3n) is 2.44. The summed E-state index contributed by atoms with van der Waals surface area (Å²) in [5.74, 6) is 0.410. The molecule has 0 aromatic rings. The van der Waals surface area contributed by atoms with Gasteiger partial charge in [0.25, 0.3) is 0 Å². The number of aliphatic hydroxyl groups excluding tert-OH is 1. The first-order valence-corrected chi connectivity index (χ1v) is 5.95. The zero-order valence-corrected chi connectivity index (χ0v) is 10.9. The van der Waals surface area contributed by atoms with Gasteiger partial charge in [-0.05, 0) is 12.3 Å². The van der Waals surface area contributed by atoms with Crippen molar-refractivity contribution in [2.45, 2.75) is 40.5 Å². The van der Waals surface area contributed by atoms with Crippen LogP contribution in [-0.2, 0) is 4.74 Å². The number of carbonyl (C=O) groups excluding carboxylic acids is 1. The Morgan fingerprint density at radius 3 is 2.56 bits per heavy atom. The smallest absolute Gasteiger partial charge is 0.407 e. The van der Waals surface area contributed by atoms with E-state index >= 15 is 0 Å². The molecule has 96 valence electrons. The Kier molecular flexibility index (Phi) is 7.13. The van der Waals surface area contributed by atoms with Crippen molar-refractivity contribution in [3.05, 3.63) is 0 Å². The molecule has 0 radical (unpaired) electrons. The number of ether oxygens (including phenoxy) is 1. The molecule has 4 heteroatoms. The molecule has 0 aromatic heterocycles. The summed E-state index contributed by atoms with van der Waals surface area (Å²) in [6.07, 6.45) is 1.42. The van der Waals surface area contributed by atoms with Crippen LogP contribution >= 0.6 is 0 Å². The summed E-state index contributed by atoms with van der Waals surface area (Å²) in [5.41, 5.74) is -0.316. The molecule has 0 fully saturated rings. The van der Waals surface area contributed by atoms with Gasteiger partial charge in [0.15, 0.2) is 0 Å². The van der Waals surface area contributed by atoms with Crippen LogP contribution < -0.4 is 5.32 Å². The number of hydrogen-bond donors (Lipinski definition) is 2.